The molecule has 3 N–H and O–H groups in total. The molecule has 0 aliphatic carbocycles. The van der Waals surface area contributed by atoms with E-state index in [1.54, 1.807) is 4.68 Å². The largest absolute Gasteiger partial charge is 0.481 e. The van der Waals surface area contributed by atoms with E-state index in [9.17, 15) is 4.79 Å². The topological polar surface area (TPSA) is 90.4 Å². The number of nitrogens with two attached hydrogens (primary N) is 1. The van der Waals surface area contributed by atoms with Gasteiger partial charge in [0.25, 0.3) is 0 Å². The first-order chi connectivity index (χ1) is 7.24. The van der Waals surface area contributed by atoms with Gasteiger partial charge in [0.1, 0.15) is 5.92 Å². The fourth-order valence-corrected chi connectivity index (χ4v) is 1.69. The smallest absolute Gasteiger partial charge is 0.312 e. The van der Waals surface area contributed by atoms with Crippen molar-refractivity contribution in [2.24, 2.45) is 5.73 Å². The number of carboxylic acid groups (broad SMARTS) is 1. The van der Waals surface area contributed by atoms with Gasteiger partial charge in [-0.25, -0.2) is 4.68 Å². The summed E-state index contributed by atoms with van der Waals surface area (Å²) in [5, 5.41) is 13.1. The summed E-state index contributed by atoms with van der Waals surface area (Å²) in [5.74, 6) is -1.12. The molecule has 0 saturated carbocycles. The van der Waals surface area contributed by atoms with Gasteiger partial charge in [-0.3, -0.25) is 4.79 Å². The van der Waals surface area contributed by atoms with E-state index in [-0.39, 0.29) is 6.54 Å². The zero-order valence-electron chi connectivity index (χ0n) is 8.22. The lowest BCUT2D eigenvalue weighted by Crippen LogP contribution is -2.23. The molecular formula is C9H13N3O3. The van der Waals surface area contributed by atoms with Gasteiger partial charge < -0.3 is 15.6 Å². The Labute approximate surface area is 86.6 Å². The Morgan fingerprint density at radius 1 is 1.80 bits per heavy atom. The number of ether oxygens (including phenoxy) is 1. The van der Waals surface area contributed by atoms with E-state index in [1.165, 1.54) is 6.20 Å². The van der Waals surface area contributed by atoms with E-state index in [2.05, 4.69) is 5.10 Å². The quantitative estimate of drug-likeness (QED) is 0.722. The van der Waals surface area contributed by atoms with E-state index in [1.807, 2.05) is 0 Å². The van der Waals surface area contributed by atoms with E-state index < -0.39 is 11.9 Å². The number of nitrogens with zero attached hydrogens (tertiary/aromatic N) is 2. The molecule has 1 aliphatic rings. The van der Waals surface area contributed by atoms with Crippen LogP contribution in [-0.2, 0) is 11.3 Å². The van der Waals surface area contributed by atoms with Crippen LogP contribution >= 0.6 is 0 Å². The van der Waals surface area contributed by atoms with E-state index >= 15 is 0 Å². The summed E-state index contributed by atoms with van der Waals surface area (Å²) >= 11 is 0. The van der Waals surface area contributed by atoms with Crippen LogP contribution in [0, 0.1) is 0 Å². The third-order valence-electron chi connectivity index (χ3n) is 2.48. The summed E-state index contributed by atoms with van der Waals surface area (Å²) in [5.41, 5.74) is 6.00. The minimum absolute atomic E-state index is 0.0530. The number of aromatic nitrogens is 2. The first-order valence-corrected chi connectivity index (χ1v) is 4.85. The Bertz CT molecular complexity index is 375. The second-order valence-corrected chi connectivity index (χ2v) is 3.46. The SMILES string of the molecule is NCC(C(=O)O)c1cnn2c1OCCC2. The van der Waals surface area contributed by atoms with Crippen molar-refractivity contribution in [2.45, 2.75) is 18.9 Å². The van der Waals surface area contributed by atoms with Gasteiger partial charge in [-0.15, -0.1) is 0 Å². The lowest BCUT2D eigenvalue weighted by Gasteiger charge is -2.17. The summed E-state index contributed by atoms with van der Waals surface area (Å²) in [7, 11) is 0. The molecule has 2 heterocycles. The molecule has 0 aromatic carbocycles. The minimum Gasteiger partial charge on any atom is -0.481 e. The molecule has 1 unspecified atom stereocenters. The second-order valence-electron chi connectivity index (χ2n) is 3.46. The van der Waals surface area contributed by atoms with Gasteiger partial charge in [-0.1, -0.05) is 0 Å². The van der Waals surface area contributed by atoms with Crippen molar-refractivity contribution in [3.8, 4) is 5.88 Å². The number of hydrogen-bond donors (Lipinski definition) is 2. The summed E-state index contributed by atoms with van der Waals surface area (Å²) < 4.78 is 7.09. The van der Waals surface area contributed by atoms with Gasteiger partial charge in [0.15, 0.2) is 0 Å². The Balaban J connectivity index is 2.35. The molecule has 1 atom stereocenters. The third-order valence-corrected chi connectivity index (χ3v) is 2.48. The highest BCUT2D eigenvalue weighted by Crippen LogP contribution is 2.28. The first kappa shape index (κ1) is 9.97. The van der Waals surface area contributed by atoms with Crippen molar-refractivity contribution in [3.05, 3.63) is 11.8 Å². The molecule has 2 rings (SSSR count). The van der Waals surface area contributed by atoms with Crippen LogP contribution in [0.15, 0.2) is 6.20 Å². The maximum atomic E-state index is 10.9. The number of aliphatic carboxylic acids is 1. The number of hydrogen-bond acceptors (Lipinski definition) is 4. The minimum atomic E-state index is -0.942. The summed E-state index contributed by atoms with van der Waals surface area (Å²) in [6.07, 6.45) is 2.43. The molecule has 0 bridgehead atoms. The average molecular weight is 211 g/mol. The maximum absolute atomic E-state index is 10.9. The molecule has 15 heavy (non-hydrogen) atoms. The maximum Gasteiger partial charge on any atom is 0.312 e. The molecule has 0 fully saturated rings. The molecule has 0 amide bonds. The molecule has 0 saturated heterocycles. The number of carbonyl (C=O) groups is 1. The Kier molecular flexibility index (Phi) is 2.59. The number of carboxylic acids is 1. The Morgan fingerprint density at radius 2 is 2.60 bits per heavy atom. The highest BCUT2D eigenvalue weighted by Gasteiger charge is 2.27. The monoisotopic (exact) mass is 211 g/mol. The first-order valence-electron chi connectivity index (χ1n) is 4.85. The van der Waals surface area contributed by atoms with Crippen molar-refractivity contribution in [1.29, 1.82) is 0 Å². The predicted octanol–water partition coefficient (Wildman–Crippen LogP) is -0.208. The van der Waals surface area contributed by atoms with Crippen LogP contribution in [0.2, 0.25) is 0 Å². The average Bonchev–Trinajstić information content (AvgIpc) is 2.63. The third kappa shape index (κ3) is 1.68. The van der Waals surface area contributed by atoms with Crippen molar-refractivity contribution in [2.75, 3.05) is 13.2 Å². The Hall–Kier alpha value is -1.56. The molecular weight excluding hydrogens is 198 g/mol. The van der Waals surface area contributed by atoms with Crippen LogP contribution in [0.25, 0.3) is 0 Å². The van der Waals surface area contributed by atoms with Crippen LogP contribution in [-0.4, -0.2) is 34.0 Å². The lowest BCUT2D eigenvalue weighted by atomic mass is 10.0. The molecule has 1 aliphatic heterocycles. The van der Waals surface area contributed by atoms with E-state index in [0.717, 1.165) is 13.0 Å². The molecule has 6 heteroatoms. The molecule has 82 valence electrons. The van der Waals surface area contributed by atoms with Crippen molar-refractivity contribution in [1.82, 2.24) is 9.78 Å². The van der Waals surface area contributed by atoms with Gasteiger partial charge in [0.2, 0.25) is 5.88 Å². The van der Waals surface area contributed by atoms with Crippen LogP contribution in [0.3, 0.4) is 0 Å². The van der Waals surface area contributed by atoms with Gasteiger partial charge in [-0.2, -0.15) is 5.10 Å². The van der Waals surface area contributed by atoms with Crippen molar-refractivity contribution >= 4 is 5.97 Å². The lowest BCUT2D eigenvalue weighted by molar-refractivity contribution is -0.138. The fraction of sp³-hybridized carbons (Fsp3) is 0.556. The molecule has 0 radical (unpaired) electrons. The van der Waals surface area contributed by atoms with E-state index in [4.69, 9.17) is 15.6 Å². The highest BCUT2D eigenvalue weighted by atomic mass is 16.5. The fourth-order valence-electron chi connectivity index (χ4n) is 1.69. The van der Waals surface area contributed by atoms with Crippen molar-refractivity contribution in [3.63, 3.8) is 0 Å². The number of aryl methyl sites for hydroxylation is 1. The molecule has 1 aromatic rings. The number of rotatable bonds is 3. The summed E-state index contributed by atoms with van der Waals surface area (Å²) in [4.78, 5) is 10.9. The van der Waals surface area contributed by atoms with Gasteiger partial charge >= 0.3 is 5.97 Å². The second kappa shape index (κ2) is 3.90. The zero-order valence-corrected chi connectivity index (χ0v) is 8.22. The number of fused-ring (bicyclic) bond motifs is 1. The zero-order chi connectivity index (χ0) is 10.8. The molecule has 0 spiro atoms. The predicted molar refractivity (Wildman–Crippen MR) is 51.8 cm³/mol. The van der Waals surface area contributed by atoms with Gasteiger partial charge in [-0.05, 0) is 0 Å². The van der Waals surface area contributed by atoms with Crippen LogP contribution in [0.5, 0.6) is 5.88 Å². The molecule has 1 aromatic heterocycles. The standard InChI is InChI=1S/C9H13N3O3/c10-4-6(9(13)14)7-5-11-12-2-1-3-15-8(7)12/h5-6H,1-4,10H2,(H,13,14). The summed E-state index contributed by atoms with van der Waals surface area (Å²) in [6.45, 7) is 1.43. The van der Waals surface area contributed by atoms with Crippen molar-refractivity contribution < 1.29 is 14.6 Å². The van der Waals surface area contributed by atoms with Crippen LogP contribution in [0.1, 0.15) is 17.9 Å². The normalized spacial score (nSPS) is 16.6. The van der Waals surface area contributed by atoms with E-state index in [0.29, 0.717) is 18.1 Å². The summed E-state index contributed by atoms with van der Waals surface area (Å²) in [6, 6.07) is 0. The van der Waals surface area contributed by atoms with Gasteiger partial charge in [0.05, 0.1) is 12.8 Å². The van der Waals surface area contributed by atoms with Crippen LogP contribution in [0.4, 0.5) is 0 Å². The highest BCUT2D eigenvalue weighted by molar-refractivity contribution is 5.77. The van der Waals surface area contributed by atoms with Crippen LogP contribution < -0.4 is 10.5 Å². The Morgan fingerprint density at radius 3 is 3.27 bits per heavy atom. The molecule has 6 nitrogen and oxygen atoms in total. The van der Waals surface area contributed by atoms with Gasteiger partial charge in [0, 0.05) is 25.1 Å².